The van der Waals surface area contributed by atoms with E-state index < -0.39 is 30.6 Å². The highest BCUT2D eigenvalue weighted by atomic mass is 19.4. The van der Waals surface area contributed by atoms with Crippen molar-refractivity contribution in [2.75, 3.05) is 38.3 Å². The van der Waals surface area contributed by atoms with Crippen LogP contribution in [0.25, 0.3) is 11.0 Å². The SMILES string of the molecule is COC[C@@H](C)Oc1nc(C(=O)NCC(F)(F)F)nc(N2CCC(c3n[nH]c4ncccc34)CC2)n1. The molecular formula is C21H25F3N8O3. The molecule has 1 atom stereocenters. The number of anilines is 1. The predicted molar refractivity (Wildman–Crippen MR) is 118 cm³/mol. The van der Waals surface area contributed by atoms with E-state index in [4.69, 9.17) is 9.47 Å². The first-order chi connectivity index (χ1) is 16.7. The number of carbonyl (C=O) groups excluding carboxylic acids is 1. The number of aromatic nitrogens is 6. The molecule has 0 saturated carbocycles. The molecule has 1 aliphatic rings. The van der Waals surface area contributed by atoms with E-state index in [0.29, 0.717) is 13.1 Å². The van der Waals surface area contributed by atoms with Gasteiger partial charge in [0.15, 0.2) is 5.65 Å². The Hall–Kier alpha value is -3.55. The van der Waals surface area contributed by atoms with Crippen LogP contribution in [0.1, 0.15) is 42.0 Å². The van der Waals surface area contributed by atoms with Crippen LogP contribution < -0.4 is 15.0 Å². The smallest absolute Gasteiger partial charge is 0.405 e. The minimum atomic E-state index is -4.56. The second kappa shape index (κ2) is 10.4. The van der Waals surface area contributed by atoms with Gasteiger partial charge < -0.3 is 19.7 Å². The number of methoxy groups -OCH3 is 1. The molecule has 4 heterocycles. The maximum Gasteiger partial charge on any atom is 0.405 e. The van der Waals surface area contributed by atoms with Gasteiger partial charge in [0.1, 0.15) is 12.6 Å². The molecule has 0 unspecified atom stereocenters. The van der Waals surface area contributed by atoms with Gasteiger partial charge >= 0.3 is 12.2 Å². The quantitative estimate of drug-likeness (QED) is 0.484. The zero-order valence-corrected chi connectivity index (χ0v) is 19.2. The van der Waals surface area contributed by atoms with Crippen molar-refractivity contribution in [2.45, 2.75) is 38.0 Å². The second-order valence-corrected chi connectivity index (χ2v) is 8.19. The Bertz CT molecular complexity index is 1160. The van der Waals surface area contributed by atoms with Gasteiger partial charge in [0.25, 0.3) is 5.91 Å². The first-order valence-electron chi connectivity index (χ1n) is 11.0. The number of nitrogens with zero attached hydrogens (tertiary/aromatic N) is 6. The summed E-state index contributed by atoms with van der Waals surface area (Å²) in [6.07, 6.45) is -1.86. The van der Waals surface area contributed by atoms with Crippen molar-refractivity contribution in [3.05, 3.63) is 29.8 Å². The summed E-state index contributed by atoms with van der Waals surface area (Å²) < 4.78 is 48.3. The summed E-state index contributed by atoms with van der Waals surface area (Å²) >= 11 is 0. The lowest BCUT2D eigenvalue weighted by Crippen LogP contribution is -2.37. The first-order valence-corrected chi connectivity index (χ1v) is 11.0. The number of hydrogen-bond acceptors (Lipinski definition) is 9. The highest BCUT2D eigenvalue weighted by Crippen LogP contribution is 2.32. The molecule has 0 bridgehead atoms. The van der Waals surface area contributed by atoms with E-state index in [-0.39, 0.29) is 24.5 Å². The van der Waals surface area contributed by atoms with Crippen molar-refractivity contribution < 1.29 is 27.4 Å². The summed E-state index contributed by atoms with van der Waals surface area (Å²) in [6.45, 7) is 1.53. The van der Waals surface area contributed by atoms with Gasteiger partial charge in [0.05, 0.1) is 12.3 Å². The molecule has 3 aromatic heterocycles. The van der Waals surface area contributed by atoms with Crippen LogP contribution in [0.2, 0.25) is 0 Å². The van der Waals surface area contributed by atoms with Crippen LogP contribution >= 0.6 is 0 Å². The molecule has 0 aliphatic carbocycles. The average Bonchev–Trinajstić information content (AvgIpc) is 3.26. The Balaban J connectivity index is 1.52. The van der Waals surface area contributed by atoms with Gasteiger partial charge in [-0.3, -0.25) is 9.89 Å². The Labute approximate surface area is 198 Å². The van der Waals surface area contributed by atoms with Crippen LogP contribution in [0.3, 0.4) is 0 Å². The van der Waals surface area contributed by atoms with E-state index in [1.54, 1.807) is 18.4 Å². The Kier molecular flexibility index (Phi) is 7.28. The third-order valence-electron chi connectivity index (χ3n) is 5.49. The molecule has 3 aromatic rings. The molecule has 0 aromatic carbocycles. The Morgan fingerprint density at radius 2 is 2.06 bits per heavy atom. The van der Waals surface area contributed by atoms with E-state index >= 15 is 0 Å². The van der Waals surface area contributed by atoms with E-state index in [9.17, 15) is 18.0 Å². The number of hydrogen-bond donors (Lipinski definition) is 2. The molecule has 188 valence electrons. The zero-order valence-electron chi connectivity index (χ0n) is 19.2. The molecule has 14 heteroatoms. The summed E-state index contributed by atoms with van der Waals surface area (Å²) in [7, 11) is 1.50. The predicted octanol–water partition coefficient (Wildman–Crippen LogP) is 2.23. The molecule has 1 fully saturated rings. The van der Waals surface area contributed by atoms with Crippen molar-refractivity contribution in [3.8, 4) is 6.01 Å². The van der Waals surface area contributed by atoms with E-state index in [0.717, 1.165) is 29.6 Å². The minimum absolute atomic E-state index is 0.156. The third-order valence-corrected chi connectivity index (χ3v) is 5.49. The molecule has 1 amide bonds. The summed E-state index contributed by atoms with van der Waals surface area (Å²) in [4.78, 5) is 30.8. The van der Waals surface area contributed by atoms with Crippen LogP contribution in [0.15, 0.2) is 18.3 Å². The second-order valence-electron chi connectivity index (χ2n) is 8.19. The fraction of sp³-hybridized carbons (Fsp3) is 0.524. The number of rotatable bonds is 8. The van der Waals surface area contributed by atoms with Gasteiger partial charge in [-0.2, -0.15) is 33.2 Å². The normalized spacial score (nSPS) is 15.9. The molecule has 35 heavy (non-hydrogen) atoms. The number of pyridine rings is 1. The topological polar surface area (TPSA) is 131 Å². The Morgan fingerprint density at radius 3 is 2.77 bits per heavy atom. The number of ether oxygens (including phenoxy) is 2. The lowest BCUT2D eigenvalue weighted by atomic mass is 9.92. The molecule has 4 rings (SSSR count). The third kappa shape index (κ3) is 6.12. The lowest BCUT2D eigenvalue weighted by Gasteiger charge is -2.31. The van der Waals surface area contributed by atoms with Crippen LogP contribution in [-0.2, 0) is 4.74 Å². The van der Waals surface area contributed by atoms with Gasteiger partial charge in [-0.1, -0.05) is 0 Å². The number of nitrogens with one attached hydrogen (secondary N) is 2. The standard InChI is InChI=1S/C21H25F3N8O3/c1-12(10-34-2)35-20-28-17(18(33)26-11-21(22,23)24)27-19(29-20)32-8-5-13(6-9-32)15-14-4-3-7-25-16(14)31-30-15/h3-4,7,12-13H,5-6,8-11H2,1-2H3,(H,26,33)(H,25,30,31)/t12-/m1/s1. The van der Waals surface area contributed by atoms with E-state index in [1.807, 2.05) is 17.0 Å². The number of amides is 1. The van der Waals surface area contributed by atoms with Crippen LogP contribution in [0.5, 0.6) is 6.01 Å². The number of fused-ring (bicyclic) bond motifs is 1. The van der Waals surface area contributed by atoms with Gasteiger partial charge in [-0.25, -0.2) is 4.98 Å². The maximum atomic E-state index is 12.6. The molecule has 0 spiro atoms. The molecule has 11 nitrogen and oxygen atoms in total. The average molecular weight is 494 g/mol. The first kappa shape index (κ1) is 24.6. The van der Waals surface area contributed by atoms with Crippen molar-refractivity contribution in [2.24, 2.45) is 0 Å². The molecule has 0 radical (unpaired) electrons. The minimum Gasteiger partial charge on any atom is -0.458 e. The van der Waals surface area contributed by atoms with Crippen LogP contribution in [0, 0.1) is 0 Å². The molecule has 1 saturated heterocycles. The van der Waals surface area contributed by atoms with Crippen molar-refractivity contribution in [1.29, 1.82) is 0 Å². The van der Waals surface area contributed by atoms with Crippen LogP contribution in [0.4, 0.5) is 19.1 Å². The number of H-pyrrole nitrogens is 1. The number of piperidine rings is 1. The highest BCUT2D eigenvalue weighted by molar-refractivity contribution is 5.90. The largest absolute Gasteiger partial charge is 0.458 e. The van der Waals surface area contributed by atoms with E-state index in [1.165, 1.54) is 7.11 Å². The van der Waals surface area contributed by atoms with Crippen LogP contribution in [-0.4, -0.2) is 81.7 Å². The van der Waals surface area contributed by atoms with Gasteiger partial charge in [-0.15, -0.1) is 0 Å². The van der Waals surface area contributed by atoms with Gasteiger partial charge in [0, 0.05) is 37.7 Å². The summed E-state index contributed by atoms with van der Waals surface area (Å²) in [5.41, 5.74) is 1.66. The molecule has 1 aliphatic heterocycles. The molecular weight excluding hydrogens is 469 g/mol. The van der Waals surface area contributed by atoms with Crippen molar-refractivity contribution in [3.63, 3.8) is 0 Å². The molecule has 2 N–H and O–H groups in total. The van der Waals surface area contributed by atoms with E-state index in [2.05, 4.69) is 30.1 Å². The number of alkyl halides is 3. The van der Waals surface area contributed by atoms with Crippen molar-refractivity contribution >= 4 is 22.9 Å². The number of carbonyl (C=O) groups is 1. The fourth-order valence-corrected chi connectivity index (χ4v) is 3.89. The van der Waals surface area contributed by atoms with Gasteiger partial charge in [-0.05, 0) is 31.9 Å². The Morgan fingerprint density at radius 1 is 1.29 bits per heavy atom. The summed E-state index contributed by atoms with van der Waals surface area (Å²) in [5.74, 6) is -1.19. The lowest BCUT2D eigenvalue weighted by molar-refractivity contribution is -0.123. The van der Waals surface area contributed by atoms with Crippen molar-refractivity contribution in [1.82, 2.24) is 35.5 Å². The monoisotopic (exact) mass is 494 g/mol. The number of aromatic amines is 1. The summed E-state index contributed by atoms with van der Waals surface area (Å²) in [6, 6.07) is 3.66. The highest BCUT2D eigenvalue weighted by Gasteiger charge is 2.30. The van der Waals surface area contributed by atoms with Gasteiger partial charge in [0.2, 0.25) is 11.8 Å². The maximum absolute atomic E-state index is 12.6. The fourth-order valence-electron chi connectivity index (χ4n) is 3.89. The number of halogens is 3. The zero-order chi connectivity index (χ0) is 25.0. The summed E-state index contributed by atoms with van der Waals surface area (Å²) in [5, 5.41) is 10.1.